The molecule has 275 valence electrons. The number of benzene rings is 4. The Balaban J connectivity index is 0.000000236. The molecule has 0 atom stereocenters. The Morgan fingerprint density at radius 1 is 0.815 bits per heavy atom. The van der Waals surface area contributed by atoms with E-state index in [1.165, 1.54) is 17.5 Å². The number of furan rings is 1. The molecule has 1 fully saturated rings. The molecule has 0 saturated heterocycles. The monoisotopic (exact) mass is 891 g/mol. The van der Waals surface area contributed by atoms with Crippen LogP contribution < -0.4 is 0 Å². The van der Waals surface area contributed by atoms with Gasteiger partial charge in [-0.2, -0.15) is 5.26 Å². The number of rotatable bonds is 4. The Kier molecular flexibility index (Phi) is 9.78. The van der Waals surface area contributed by atoms with E-state index < -0.39 is 18.1 Å². The molecule has 0 N–H and O–H groups in total. The van der Waals surface area contributed by atoms with Crippen LogP contribution in [0, 0.1) is 23.5 Å². The second-order valence-electron chi connectivity index (χ2n) is 15.9. The second kappa shape index (κ2) is 16.2. The van der Waals surface area contributed by atoms with Crippen LogP contribution >= 0.6 is 0 Å². The minimum Gasteiger partial charge on any atom is -0.500 e. The van der Waals surface area contributed by atoms with Crippen LogP contribution in [0.25, 0.3) is 55.6 Å². The zero-order chi connectivity index (χ0) is 41.5. The summed E-state index contributed by atoms with van der Waals surface area (Å²) in [6.07, 6.45) is 9.32. The van der Waals surface area contributed by atoms with Gasteiger partial charge in [-0.05, 0) is 51.4 Å². The minimum absolute atomic E-state index is 0. The van der Waals surface area contributed by atoms with E-state index in [9.17, 15) is 5.26 Å². The number of nitriles is 1. The molecule has 8 rings (SSSR count). The topological polar surface area (TPSA) is 62.7 Å². The number of hydrogen-bond donors (Lipinski definition) is 0. The van der Waals surface area contributed by atoms with Crippen molar-refractivity contribution in [1.82, 2.24) is 9.97 Å². The van der Waals surface area contributed by atoms with E-state index in [-0.39, 0.29) is 59.7 Å². The molecule has 1 aliphatic rings. The number of pyridine rings is 2. The molecule has 1 radical (unpaired) electrons. The van der Waals surface area contributed by atoms with Crippen molar-refractivity contribution in [1.29, 1.82) is 5.26 Å². The Morgan fingerprint density at radius 2 is 1.57 bits per heavy atom. The Morgan fingerprint density at radius 3 is 2.22 bits per heavy atom. The normalized spacial score (nSPS) is 14.8. The summed E-state index contributed by atoms with van der Waals surface area (Å²) < 4.78 is 48.2. The van der Waals surface area contributed by atoms with Crippen molar-refractivity contribution in [3.8, 4) is 39.7 Å². The molecule has 7 aromatic rings. The molecule has 0 unspecified atom stereocenters. The average molecular weight is 891 g/mol. The van der Waals surface area contributed by atoms with Gasteiger partial charge in [0.15, 0.2) is 0 Å². The van der Waals surface area contributed by atoms with E-state index in [0.717, 1.165) is 53.3 Å². The van der Waals surface area contributed by atoms with Crippen molar-refractivity contribution >= 4 is 21.9 Å². The molecule has 0 bridgehead atoms. The summed E-state index contributed by atoms with van der Waals surface area (Å²) in [6, 6.07) is 28.4. The Bertz CT molecular complexity index is 2660. The first-order chi connectivity index (χ1) is 27.6. The third-order valence-corrected chi connectivity index (χ3v) is 10.2. The van der Waals surface area contributed by atoms with E-state index in [1.807, 2.05) is 42.6 Å². The third kappa shape index (κ3) is 8.12. The summed E-state index contributed by atoms with van der Waals surface area (Å²) in [6.45, 7) is 13.3. The summed E-state index contributed by atoms with van der Waals surface area (Å²) in [5.41, 5.74) is 8.66. The van der Waals surface area contributed by atoms with Crippen LogP contribution in [0.15, 0.2) is 114 Å². The maximum Gasteiger partial charge on any atom is 0.130 e. The van der Waals surface area contributed by atoms with Gasteiger partial charge in [0.2, 0.25) is 0 Å². The molecule has 3 aromatic heterocycles. The van der Waals surface area contributed by atoms with Crippen molar-refractivity contribution < 1.29 is 31.4 Å². The van der Waals surface area contributed by atoms with Gasteiger partial charge < -0.3 is 14.4 Å². The summed E-state index contributed by atoms with van der Waals surface area (Å²) in [4.78, 5) is 9.12. The third-order valence-electron chi connectivity index (χ3n) is 10.2. The zero-order valence-corrected chi connectivity index (χ0v) is 34.1. The molecule has 1 saturated carbocycles. The SMILES string of the molecule is CC(C)(C)c1ccc(-c2[c-]ccc(C(C)(C)C)c2)nc1.[2H]c1c([2H])c([2H])c(-c2c(C#N)ccc3c2oc2c(-c4ccccn4)[c-]cc(C4CCCCC4)c23)c([2H])c1[2H].[Ir]. The summed E-state index contributed by atoms with van der Waals surface area (Å²) >= 11 is 0. The number of aromatic nitrogens is 2. The fourth-order valence-corrected chi connectivity index (χ4v) is 7.14. The van der Waals surface area contributed by atoms with Crippen LogP contribution in [-0.2, 0) is 30.9 Å². The van der Waals surface area contributed by atoms with Gasteiger partial charge in [0.1, 0.15) is 5.58 Å². The first-order valence-corrected chi connectivity index (χ1v) is 18.4. The van der Waals surface area contributed by atoms with E-state index in [0.29, 0.717) is 28.3 Å². The van der Waals surface area contributed by atoms with Crippen LogP contribution in [0.2, 0.25) is 0 Å². The van der Waals surface area contributed by atoms with Crippen LogP contribution in [0.1, 0.15) is 109 Å². The average Bonchev–Trinajstić information content (AvgIpc) is 3.62. The summed E-state index contributed by atoms with van der Waals surface area (Å²) in [5, 5.41) is 11.7. The van der Waals surface area contributed by atoms with Crippen LogP contribution in [0.4, 0.5) is 0 Å². The van der Waals surface area contributed by atoms with Crippen LogP contribution in [-0.4, -0.2) is 9.97 Å². The van der Waals surface area contributed by atoms with Gasteiger partial charge in [-0.3, -0.25) is 0 Å². The van der Waals surface area contributed by atoms with Crippen molar-refractivity contribution in [2.45, 2.75) is 90.4 Å². The van der Waals surface area contributed by atoms with Gasteiger partial charge in [-0.1, -0.05) is 145 Å². The van der Waals surface area contributed by atoms with Crippen molar-refractivity contribution in [3.63, 3.8) is 0 Å². The van der Waals surface area contributed by atoms with Gasteiger partial charge in [-0.25, -0.2) is 0 Å². The molecule has 4 aromatic carbocycles. The van der Waals surface area contributed by atoms with E-state index in [1.54, 1.807) is 12.3 Å². The predicted octanol–water partition coefficient (Wildman–Crippen LogP) is 13.2. The molecular formula is C49H47IrN3O-2. The van der Waals surface area contributed by atoms with Crippen molar-refractivity contribution in [3.05, 3.63) is 144 Å². The predicted molar refractivity (Wildman–Crippen MR) is 218 cm³/mol. The molecule has 0 amide bonds. The fourth-order valence-electron chi connectivity index (χ4n) is 7.14. The Labute approximate surface area is 341 Å². The number of hydrogen-bond acceptors (Lipinski definition) is 4. The van der Waals surface area contributed by atoms with Crippen molar-refractivity contribution in [2.24, 2.45) is 0 Å². The smallest absolute Gasteiger partial charge is 0.130 e. The largest absolute Gasteiger partial charge is 0.500 e. The molecule has 0 spiro atoms. The second-order valence-corrected chi connectivity index (χ2v) is 15.9. The van der Waals surface area contributed by atoms with Crippen molar-refractivity contribution in [2.75, 3.05) is 0 Å². The quantitative estimate of drug-likeness (QED) is 0.165. The molecular weight excluding hydrogens is 839 g/mol. The number of nitrogens with zero attached hydrogens (tertiary/aromatic N) is 3. The standard InChI is InChI=1S/C30H23N2O.C19H24N.Ir/c31-19-22-14-15-25-28-23(20-9-3-1-4-10-20)16-17-24(26-13-7-8-18-32-26)29(28)33-30(25)27(22)21-11-5-2-6-12-21;1-18(2,3)15-9-7-8-14(12-15)17-11-10-16(13-20-17)19(4,5)6;/h2,5-8,11-16,18,20H,1,3-4,9-10H2;7,9-13H,1-6H3;/q2*-1;/i2D,5D,6D,11D,12D;;. The fraction of sp³-hybridized carbons (Fsp3) is 0.286. The van der Waals surface area contributed by atoms with Gasteiger partial charge in [-0.15, -0.1) is 53.1 Å². The molecule has 1 aliphatic carbocycles. The van der Waals surface area contributed by atoms with Crippen LogP contribution in [0.5, 0.6) is 0 Å². The molecule has 0 aliphatic heterocycles. The van der Waals surface area contributed by atoms with E-state index >= 15 is 0 Å². The zero-order valence-electron chi connectivity index (χ0n) is 36.7. The Hall–Kier alpha value is -4.88. The van der Waals surface area contributed by atoms with Gasteiger partial charge >= 0.3 is 0 Å². The maximum absolute atomic E-state index is 10.0. The minimum atomic E-state index is -0.481. The first kappa shape index (κ1) is 32.5. The molecule has 5 heteroatoms. The van der Waals surface area contributed by atoms with E-state index in [2.05, 4.69) is 94.0 Å². The molecule has 4 nitrogen and oxygen atoms in total. The maximum atomic E-state index is 10.0. The van der Waals surface area contributed by atoms with Gasteiger partial charge in [0.25, 0.3) is 0 Å². The van der Waals surface area contributed by atoms with E-state index in [4.69, 9.17) is 11.3 Å². The van der Waals surface area contributed by atoms with Crippen LogP contribution in [0.3, 0.4) is 0 Å². The summed E-state index contributed by atoms with van der Waals surface area (Å²) in [7, 11) is 0. The van der Waals surface area contributed by atoms with Gasteiger partial charge in [0.05, 0.1) is 24.1 Å². The van der Waals surface area contributed by atoms with Gasteiger partial charge in [0, 0.05) is 43.4 Å². The summed E-state index contributed by atoms with van der Waals surface area (Å²) in [5.74, 6) is 0.334. The molecule has 3 heterocycles. The first-order valence-electron chi connectivity index (χ1n) is 20.9. The number of fused-ring (bicyclic) bond motifs is 3. The molecule has 54 heavy (non-hydrogen) atoms.